The number of carbonyl (C=O) groups excluding carboxylic acids is 3. The van der Waals surface area contributed by atoms with Gasteiger partial charge in [0.1, 0.15) is 0 Å². The number of fused-ring (bicyclic) bond motifs is 1. The first-order valence-corrected chi connectivity index (χ1v) is 10.4. The first-order valence-electron chi connectivity index (χ1n) is 10.4. The normalized spacial score (nSPS) is 20.7. The largest absolute Gasteiger partial charge is 0.417 e. The van der Waals surface area contributed by atoms with Gasteiger partial charge in [-0.05, 0) is 29.5 Å². The summed E-state index contributed by atoms with van der Waals surface area (Å²) in [7, 11) is 0. The van der Waals surface area contributed by atoms with Crippen LogP contribution in [-0.2, 0) is 17.5 Å². The van der Waals surface area contributed by atoms with Crippen LogP contribution in [0, 0.1) is 11.8 Å². The van der Waals surface area contributed by atoms with Crippen molar-refractivity contribution >= 4 is 23.7 Å². The molecule has 0 aliphatic carbocycles. The van der Waals surface area contributed by atoms with Crippen molar-refractivity contribution in [3.63, 3.8) is 0 Å². The van der Waals surface area contributed by atoms with Crippen LogP contribution in [0.4, 0.5) is 23.8 Å². The average Bonchev–Trinajstić information content (AvgIpc) is 3.41. The molecule has 9 nitrogen and oxygen atoms in total. The van der Waals surface area contributed by atoms with Gasteiger partial charge in [-0.3, -0.25) is 14.5 Å². The van der Waals surface area contributed by atoms with E-state index >= 15 is 0 Å². The molecule has 0 radical (unpaired) electrons. The van der Waals surface area contributed by atoms with Crippen molar-refractivity contribution in [1.82, 2.24) is 19.6 Å². The minimum Gasteiger partial charge on any atom is -0.366 e. The number of nitrogens with two attached hydrogens (primary N) is 1. The summed E-state index contributed by atoms with van der Waals surface area (Å²) < 4.78 is 41.2. The number of nitrogens with zero attached hydrogens (tertiary/aromatic N) is 4. The Hall–Kier alpha value is -3.41. The van der Waals surface area contributed by atoms with Gasteiger partial charge in [-0.2, -0.15) is 17.9 Å². The number of carbonyl (C=O) groups is 3. The van der Waals surface area contributed by atoms with Crippen LogP contribution in [0.25, 0.3) is 0 Å². The number of halogens is 3. The highest BCUT2D eigenvalue weighted by Gasteiger charge is 2.42. The Morgan fingerprint density at radius 1 is 1.12 bits per heavy atom. The zero-order chi connectivity index (χ0) is 23.9. The van der Waals surface area contributed by atoms with Gasteiger partial charge in [-0.15, -0.1) is 5.10 Å². The number of hydrogen-bond acceptors (Lipinski definition) is 5. The first-order chi connectivity index (χ1) is 15.5. The molecule has 0 spiro atoms. The van der Waals surface area contributed by atoms with Gasteiger partial charge in [-0.1, -0.05) is 6.07 Å². The van der Waals surface area contributed by atoms with Gasteiger partial charge < -0.3 is 16.0 Å². The van der Waals surface area contributed by atoms with Crippen LogP contribution < -0.4 is 11.1 Å². The molecule has 4 rings (SSSR count). The monoisotopic (exact) mass is 464 g/mol. The van der Waals surface area contributed by atoms with E-state index in [0.717, 1.165) is 12.1 Å². The summed E-state index contributed by atoms with van der Waals surface area (Å²) in [5, 5.41) is 6.58. The van der Waals surface area contributed by atoms with E-state index in [9.17, 15) is 27.6 Å². The van der Waals surface area contributed by atoms with Crippen molar-refractivity contribution in [2.24, 2.45) is 17.6 Å². The molecular weight excluding hydrogens is 441 g/mol. The van der Waals surface area contributed by atoms with Gasteiger partial charge in [0.2, 0.25) is 11.8 Å². The zero-order valence-corrected chi connectivity index (χ0v) is 17.8. The molecule has 2 aliphatic heterocycles. The smallest absolute Gasteiger partial charge is 0.366 e. The molecule has 176 valence electrons. The third kappa shape index (κ3) is 4.85. The maximum atomic E-state index is 13.3. The molecule has 2 atom stereocenters. The molecule has 3 N–H and O–H groups in total. The summed E-state index contributed by atoms with van der Waals surface area (Å²) in [4.78, 5) is 38.9. The number of primary amides is 1. The second-order valence-electron chi connectivity index (χ2n) is 8.47. The molecule has 3 heterocycles. The summed E-state index contributed by atoms with van der Waals surface area (Å²) in [6.45, 7) is 3.98. The second kappa shape index (κ2) is 8.50. The fourth-order valence-corrected chi connectivity index (χ4v) is 4.60. The lowest BCUT2D eigenvalue weighted by molar-refractivity contribution is -0.138. The molecule has 2 saturated heterocycles. The van der Waals surface area contributed by atoms with E-state index in [-0.39, 0.29) is 23.8 Å². The Morgan fingerprint density at radius 2 is 1.79 bits per heavy atom. The first kappa shape index (κ1) is 22.8. The number of benzene rings is 1. The summed E-state index contributed by atoms with van der Waals surface area (Å²) in [6, 6.07) is 4.84. The van der Waals surface area contributed by atoms with E-state index in [0.29, 0.717) is 44.1 Å². The van der Waals surface area contributed by atoms with Crippen LogP contribution >= 0.6 is 0 Å². The van der Waals surface area contributed by atoms with Crippen molar-refractivity contribution in [2.75, 3.05) is 31.5 Å². The lowest BCUT2D eigenvalue weighted by atomic mass is 10.0. The summed E-state index contributed by atoms with van der Waals surface area (Å²) in [5.41, 5.74) is 3.96. The summed E-state index contributed by atoms with van der Waals surface area (Å²) >= 11 is 0. The average molecular weight is 464 g/mol. The molecule has 1 aromatic heterocycles. The van der Waals surface area contributed by atoms with Gasteiger partial charge in [0.25, 0.3) is 0 Å². The van der Waals surface area contributed by atoms with Crippen LogP contribution in [0.2, 0.25) is 0 Å². The van der Waals surface area contributed by atoms with Crippen molar-refractivity contribution in [2.45, 2.75) is 19.6 Å². The van der Waals surface area contributed by atoms with Gasteiger partial charge in [0, 0.05) is 51.9 Å². The van der Waals surface area contributed by atoms with E-state index in [4.69, 9.17) is 5.73 Å². The Balaban J connectivity index is 1.37. The highest BCUT2D eigenvalue weighted by Crippen LogP contribution is 2.35. The number of likely N-dealkylation sites (tertiary alicyclic amines) is 2. The van der Waals surface area contributed by atoms with Crippen molar-refractivity contribution in [3.05, 3.63) is 47.2 Å². The highest BCUT2D eigenvalue weighted by atomic mass is 19.4. The van der Waals surface area contributed by atoms with E-state index in [1.54, 1.807) is 4.90 Å². The molecule has 12 heteroatoms. The Morgan fingerprint density at radius 3 is 2.36 bits per heavy atom. The van der Waals surface area contributed by atoms with E-state index in [1.807, 2.05) is 0 Å². The van der Waals surface area contributed by atoms with Crippen molar-refractivity contribution in [3.8, 4) is 0 Å². The molecule has 33 heavy (non-hydrogen) atoms. The number of aromatic nitrogens is 2. The van der Waals surface area contributed by atoms with Crippen LogP contribution in [0.5, 0.6) is 0 Å². The topological polar surface area (TPSA) is 114 Å². The lowest BCUT2D eigenvalue weighted by Gasteiger charge is -2.22. The van der Waals surface area contributed by atoms with Gasteiger partial charge in [0.15, 0.2) is 5.82 Å². The molecule has 2 aromatic rings. The Labute approximate surface area is 187 Å². The molecular formula is C21H23F3N6O3. The maximum Gasteiger partial charge on any atom is 0.417 e. The Kier molecular flexibility index (Phi) is 5.87. The second-order valence-corrected chi connectivity index (χ2v) is 8.47. The molecule has 2 aliphatic rings. The molecule has 0 saturated carbocycles. The van der Waals surface area contributed by atoms with Crippen LogP contribution in [-0.4, -0.2) is 63.6 Å². The predicted molar refractivity (Wildman–Crippen MR) is 111 cm³/mol. The van der Waals surface area contributed by atoms with E-state index < -0.39 is 23.2 Å². The summed E-state index contributed by atoms with van der Waals surface area (Å²) in [5.74, 6) is -0.703. The molecule has 1 aromatic carbocycles. The Bertz CT molecular complexity index is 1090. The standard InChI is InChI=1S/C21H23F3N6O3/c1-12(31)26-18-4-5-30(27-18)20(33)29-10-14-8-28(9-15(14)11-29)7-13-2-3-16(19(25)32)17(6-13)21(22,23)24/h2-6,14-15H,7-11H2,1H3,(H2,25,32)(H,26,27,31). The third-order valence-corrected chi connectivity index (χ3v) is 5.98. The quantitative estimate of drug-likeness (QED) is 0.719. The number of alkyl halides is 3. The minimum absolute atomic E-state index is 0.200. The molecule has 2 fully saturated rings. The fourth-order valence-electron chi connectivity index (χ4n) is 4.60. The molecule has 0 bridgehead atoms. The fraction of sp³-hybridized carbons (Fsp3) is 0.429. The van der Waals surface area contributed by atoms with Gasteiger partial charge in [0.05, 0.1) is 11.1 Å². The highest BCUT2D eigenvalue weighted by molar-refractivity contribution is 5.94. The van der Waals surface area contributed by atoms with E-state index in [2.05, 4.69) is 15.3 Å². The SMILES string of the molecule is CC(=O)Nc1ccn(C(=O)N2CC3CN(Cc4ccc(C(N)=O)c(C(F)(F)F)c4)CC3C2)n1. The van der Waals surface area contributed by atoms with Crippen LogP contribution in [0.1, 0.15) is 28.4 Å². The predicted octanol–water partition coefficient (Wildman–Crippen LogP) is 1.99. The van der Waals surface area contributed by atoms with Gasteiger partial charge in [-0.25, -0.2) is 4.79 Å². The number of nitrogens with one attached hydrogen (secondary N) is 1. The van der Waals surface area contributed by atoms with E-state index in [1.165, 1.54) is 29.9 Å². The van der Waals surface area contributed by atoms with Crippen LogP contribution in [0.3, 0.4) is 0 Å². The molecule has 2 unspecified atom stereocenters. The van der Waals surface area contributed by atoms with Crippen molar-refractivity contribution < 1.29 is 27.6 Å². The zero-order valence-electron chi connectivity index (χ0n) is 17.8. The number of rotatable bonds is 4. The number of hydrogen-bond donors (Lipinski definition) is 2. The van der Waals surface area contributed by atoms with Crippen molar-refractivity contribution in [1.29, 1.82) is 0 Å². The molecule has 3 amide bonds. The van der Waals surface area contributed by atoms with Gasteiger partial charge >= 0.3 is 12.2 Å². The van der Waals surface area contributed by atoms with Crippen LogP contribution in [0.15, 0.2) is 30.5 Å². The third-order valence-electron chi connectivity index (χ3n) is 5.98. The summed E-state index contributed by atoms with van der Waals surface area (Å²) in [6.07, 6.45) is -3.18. The number of anilines is 1. The number of amides is 3. The lowest BCUT2D eigenvalue weighted by Crippen LogP contribution is -2.36. The maximum absolute atomic E-state index is 13.3. The minimum atomic E-state index is -4.67.